The standard InChI is InChI=1S/C19H23BrN2O2/c1-23-18-7-5-17(6-8-18)22-11-9-21(10-12-22)13-14-24-19-4-2-3-16(20)15-19/h2-8,15H,9-14H2,1H3. The fourth-order valence-corrected chi connectivity index (χ4v) is 3.25. The number of anilines is 1. The molecule has 0 unspecified atom stereocenters. The van der Waals surface area contributed by atoms with Crippen molar-refractivity contribution in [2.24, 2.45) is 0 Å². The van der Waals surface area contributed by atoms with Gasteiger partial charge >= 0.3 is 0 Å². The molecule has 2 aromatic carbocycles. The predicted octanol–water partition coefficient (Wildman–Crippen LogP) is 3.66. The summed E-state index contributed by atoms with van der Waals surface area (Å²) in [4.78, 5) is 4.88. The van der Waals surface area contributed by atoms with Gasteiger partial charge in [0.15, 0.2) is 0 Å². The Morgan fingerprint density at radius 1 is 0.958 bits per heavy atom. The van der Waals surface area contributed by atoms with Crippen molar-refractivity contribution in [3.8, 4) is 11.5 Å². The zero-order chi connectivity index (χ0) is 16.8. The number of piperazine rings is 1. The van der Waals surface area contributed by atoms with Crippen LogP contribution in [0.3, 0.4) is 0 Å². The molecule has 0 atom stereocenters. The van der Waals surface area contributed by atoms with Gasteiger partial charge in [0, 0.05) is 42.9 Å². The van der Waals surface area contributed by atoms with E-state index in [9.17, 15) is 0 Å². The van der Waals surface area contributed by atoms with Crippen molar-refractivity contribution >= 4 is 21.6 Å². The maximum atomic E-state index is 5.83. The molecular formula is C19H23BrN2O2. The van der Waals surface area contributed by atoms with Gasteiger partial charge in [-0.15, -0.1) is 0 Å². The van der Waals surface area contributed by atoms with Gasteiger partial charge in [-0.1, -0.05) is 22.0 Å². The van der Waals surface area contributed by atoms with Gasteiger partial charge < -0.3 is 14.4 Å². The molecule has 0 N–H and O–H groups in total. The maximum absolute atomic E-state index is 5.83. The Balaban J connectivity index is 1.41. The van der Waals surface area contributed by atoms with Crippen molar-refractivity contribution in [1.29, 1.82) is 0 Å². The molecule has 1 heterocycles. The average Bonchev–Trinajstić information content (AvgIpc) is 2.63. The van der Waals surface area contributed by atoms with E-state index in [4.69, 9.17) is 9.47 Å². The SMILES string of the molecule is COc1ccc(N2CCN(CCOc3cccc(Br)c3)CC2)cc1. The first-order valence-electron chi connectivity index (χ1n) is 8.24. The zero-order valence-electron chi connectivity index (χ0n) is 14.0. The third-order valence-electron chi connectivity index (χ3n) is 4.28. The van der Waals surface area contributed by atoms with E-state index in [1.165, 1.54) is 5.69 Å². The molecule has 0 spiro atoms. The predicted molar refractivity (Wildman–Crippen MR) is 101 cm³/mol. The molecule has 1 fully saturated rings. The van der Waals surface area contributed by atoms with Gasteiger partial charge in [-0.2, -0.15) is 0 Å². The van der Waals surface area contributed by atoms with Crippen LogP contribution in [-0.2, 0) is 0 Å². The van der Waals surface area contributed by atoms with Crippen molar-refractivity contribution in [2.45, 2.75) is 0 Å². The number of nitrogens with zero attached hydrogens (tertiary/aromatic N) is 2. The fraction of sp³-hybridized carbons (Fsp3) is 0.368. The molecule has 3 rings (SSSR count). The molecule has 2 aromatic rings. The van der Waals surface area contributed by atoms with Gasteiger partial charge in [0.25, 0.3) is 0 Å². The summed E-state index contributed by atoms with van der Waals surface area (Å²) in [6.07, 6.45) is 0. The van der Waals surface area contributed by atoms with Crippen LogP contribution in [0.4, 0.5) is 5.69 Å². The number of hydrogen-bond acceptors (Lipinski definition) is 4. The lowest BCUT2D eigenvalue weighted by Crippen LogP contribution is -2.47. The smallest absolute Gasteiger partial charge is 0.120 e. The summed E-state index contributed by atoms with van der Waals surface area (Å²) < 4.78 is 12.1. The Bertz CT molecular complexity index is 640. The first-order chi connectivity index (χ1) is 11.7. The molecule has 0 bridgehead atoms. The van der Waals surface area contributed by atoms with Gasteiger partial charge in [-0.05, 0) is 42.5 Å². The van der Waals surface area contributed by atoms with E-state index in [1.807, 2.05) is 36.4 Å². The van der Waals surface area contributed by atoms with Crippen LogP contribution in [0.5, 0.6) is 11.5 Å². The summed E-state index contributed by atoms with van der Waals surface area (Å²) in [5, 5.41) is 0. The molecule has 4 nitrogen and oxygen atoms in total. The number of benzene rings is 2. The number of halogens is 1. The Kier molecular flexibility index (Phi) is 5.99. The van der Waals surface area contributed by atoms with Gasteiger partial charge in [0.2, 0.25) is 0 Å². The van der Waals surface area contributed by atoms with Crippen LogP contribution in [0.2, 0.25) is 0 Å². The molecule has 1 aliphatic heterocycles. The van der Waals surface area contributed by atoms with Crippen LogP contribution in [0.1, 0.15) is 0 Å². The summed E-state index contributed by atoms with van der Waals surface area (Å²) >= 11 is 3.46. The molecule has 0 aromatic heterocycles. The Morgan fingerprint density at radius 3 is 2.38 bits per heavy atom. The maximum Gasteiger partial charge on any atom is 0.120 e. The number of rotatable bonds is 6. The summed E-state index contributed by atoms with van der Waals surface area (Å²) in [5.74, 6) is 1.82. The van der Waals surface area contributed by atoms with Crippen LogP contribution >= 0.6 is 15.9 Å². The van der Waals surface area contributed by atoms with Crippen LogP contribution < -0.4 is 14.4 Å². The molecule has 1 aliphatic rings. The normalized spacial score (nSPS) is 15.3. The highest BCUT2D eigenvalue weighted by molar-refractivity contribution is 9.10. The molecule has 0 radical (unpaired) electrons. The number of hydrogen-bond donors (Lipinski definition) is 0. The zero-order valence-corrected chi connectivity index (χ0v) is 15.5. The van der Waals surface area contributed by atoms with Gasteiger partial charge in [0.05, 0.1) is 7.11 Å². The minimum Gasteiger partial charge on any atom is -0.497 e. The highest BCUT2D eigenvalue weighted by atomic mass is 79.9. The van der Waals surface area contributed by atoms with Crippen LogP contribution in [0, 0.1) is 0 Å². The lowest BCUT2D eigenvalue weighted by Gasteiger charge is -2.36. The largest absolute Gasteiger partial charge is 0.497 e. The minimum absolute atomic E-state index is 0.721. The molecular weight excluding hydrogens is 368 g/mol. The van der Waals surface area contributed by atoms with E-state index in [1.54, 1.807) is 7.11 Å². The Hall–Kier alpha value is -1.72. The van der Waals surface area contributed by atoms with E-state index < -0.39 is 0 Å². The Morgan fingerprint density at radius 2 is 1.71 bits per heavy atom. The van der Waals surface area contributed by atoms with E-state index in [0.29, 0.717) is 0 Å². The lowest BCUT2D eigenvalue weighted by atomic mass is 10.2. The summed E-state index contributed by atoms with van der Waals surface area (Å²) in [6.45, 7) is 5.90. The Labute approximate surface area is 152 Å². The third-order valence-corrected chi connectivity index (χ3v) is 4.78. The second-order valence-electron chi connectivity index (χ2n) is 5.83. The van der Waals surface area contributed by atoms with Gasteiger partial charge in [0.1, 0.15) is 18.1 Å². The van der Waals surface area contributed by atoms with E-state index in [-0.39, 0.29) is 0 Å². The lowest BCUT2D eigenvalue weighted by molar-refractivity contribution is 0.200. The minimum atomic E-state index is 0.721. The highest BCUT2D eigenvalue weighted by Gasteiger charge is 2.17. The summed E-state index contributed by atoms with van der Waals surface area (Å²) in [5.41, 5.74) is 1.26. The van der Waals surface area contributed by atoms with Crippen molar-refractivity contribution < 1.29 is 9.47 Å². The van der Waals surface area contributed by atoms with Crippen LogP contribution in [0.15, 0.2) is 53.0 Å². The first-order valence-corrected chi connectivity index (χ1v) is 9.03. The molecule has 5 heteroatoms. The van der Waals surface area contributed by atoms with E-state index in [0.717, 1.165) is 55.3 Å². The van der Waals surface area contributed by atoms with Crippen molar-refractivity contribution in [1.82, 2.24) is 4.90 Å². The highest BCUT2D eigenvalue weighted by Crippen LogP contribution is 2.21. The first kappa shape index (κ1) is 17.1. The second kappa shape index (κ2) is 8.40. The molecule has 128 valence electrons. The molecule has 1 saturated heterocycles. The van der Waals surface area contributed by atoms with Gasteiger partial charge in [-0.25, -0.2) is 0 Å². The van der Waals surface area contributed by atoms with Crippen molar-refractivity contribution in [2.75, 3.05) is 51.3 Å². The number of methoxy groups -OCH3 is 1. The topological polar surface area (TPSA) is 24.9 Å². The van der Waals surface area contributed by atoms with Crippen molar-refractivity contribution in [3.05, 3.63) is 53.0 Å². The summed E-state index contributed by atoms with van der Waals surface area (Å²) in [7, 11) is 1.70. The second-order valence-corrected chi connectivity index (χ2v) is 6.75. The van der Waals surface area contributed by atoms with E-state index in [2.05, 4.69) is 37.9 Å². The fourth-order valence-electron chi connectivity index (χ4n) is 2.87. The number of ether oxygens (including phenoxy) is 2. The van der Waals surface area contributed by atoms with Crippen molar-refractivity contribution in [3.63, 3.8) is 0 Å². The third kappa shape index (κ3) is 4.65. The molecule has 0 saturated carbocycles. The van der Waals surface area contributed by atoms with E-state index >= 15 is 0 Å². The average molecular weight is 391 g/mol. The quantitative estimate of drug-likeness (QED) is 0.751. The molecule has 24 heavy (non-hydrogen) atoms. The monoisotopic (exact) mass is 390 g/mol. The molecule has 0 aliphatic carbocycles. The summed E-state index contributed by atoms with van der Waals surface area (Å²) in [6, 6.07) is 16.3. The molecule has 0 amide bonds. The van der Waals surface area contributed by atoms with Crippen LogP contribution in [0.25, 0.3) is 0 Å². The van der Waals surface area contributed by atoms with Crippen LogP contribution in [-0.4, -0.2) is 51.3 Å². The van der Waals surface area contributed by atoms with Gasteiger partial charge in [-0.3, -0.25) is 4.90 Å².